The molecule has 0 fully saturated rings. The minimum atomic E-state index is -4.95. The zero-order valence-corrected chi connectivity index (χ0v) is 61.3. The minimum absolute atomic E-state index is 0.102. The van der Waals surface area contributed by atoms with E-state index in [4.69, 9.17) is 37.0 Å². The number of hydrogen-bond acceptors (Lipinski definition) is 15. The second-order valence-corrected chi connectivity index (χ2v) is 30.6. The van der Waals surface area contributed by atoms with E-state index in [0.717, 1.165) is 114 Å². The molecule has 17 nitrogen and oxygen atoms in total. The van der Waals surface area contributed by atoms with E-state index >= 15 is 0 Å². The molecule has 0 aromatic rings. The Morgan fingerprint density at radius 2 is 0.527 bits per heavy atom. The summed E-state index contributed by atoms with van der Waals surface area (Å²) in [5.74, 6) is 0.871. The van der Waals surface area contributed by atoms with Gasteiger partial charge in [0, 0.05) is 25.7 Å². The van der Waals surface area contributed by atoms with Crippen LogP contribution in [-0.4, -0.2) is 96.7 Å². The van der Waals surface area contributed by atoms with Crippen molar-refractivity contribution in [1.82, 2.24) is 0 Å². The number of hydrogen-bond donors (Lipinski definition) is 3. The second-order valence-electron chi connectivity index (χ2n) is 27.6. The first kappa shape index (κ1) is 89.1. The lowest BCUT2D eigenvalue weighted by Crippen LogP contribution is -2.30. The molecule has 91 heavy (non-hydrogen) atoms. The molecule has 0 saturated carbocycles. The molecule has 0 aromatic carbocycles. The molecule has 0 aromatic heterocycles. The summed E-state index contributed by atoms with van der Waals surface area (Å²) in [6, 6.07) is 0. The smallest absolute Gasteiger partial charge is 0.462 e. The van der Waals surface area contributed by atoms with Gasteiger partial charge in [-0.25, -0.2) is 9.13 Å². The van der Waals surface area contributed by atoms with Gasteiger partial charge >= 0.3 is 39.5 Å². The quantitative estimate of drug-likeness (QED) is 0.0222. The average molecular weight is 1340 g/mol. The Hall–Kier alpha value is -1.94. The SMILES string of the molecule is CCC(C)CCCCCCCCC(=O)O[C@H](COC(=O)CCCCCCCCCCC(C)C)COP(=O)(O)OCC(O)COP(=O)(O)OC[C@@H](COC(=O)CCCCCCCCCCCCC(C)C)OC(=O)CCCCCCCCCCCCCCCCC(C)C. The van der Waals surface area contributed by atoms with Crippen molar-refractivity contribution in [3.05, 3.63) is 0 Å². The van der Waals surface area contributed by atoms with Crippen LogP contribution in [0.2, 0.25) is 0 Å². The van der Waals surface area contributed by atoms with Crippen LogP contribution >= 0.6 is 15.6 Å². The molecule has 0 amide bonds. The molecule has 0 rings (SSSR count). The highest BCUT2D eigenvalue weighted by molar-refractivity contribution is 7.47. The minimum Gasteiger partial charge on any atom is -0.462 e. The predicted octanol–water partition coefficient (Wildman–Crippen LogP) is 20.5. The molecule has 0 aliphatic carbocycles. The molecular formula is C72H140O17P2. The first-order chi connectivity index (χ1) is 43.6. The van der Waals surface area contributed by atoms with Crippen molar-refractivity contribution in [3.8, 4) is 0 Å². The molecule has 6 atom stereocenters. The number of aliphatic hydroxyl groups excluding tert-OH is 1. The number of unbranched alkanes of at least 4 members (excludes halogenated alkanes) is 34. The lowest BCUT2D eigenvalue weighted by molar-refractivity contribution is -0.161. The summed E-state index contributed by atoms with van der Waals surface area (Å²) in [7, 11) is -9.91. The van der Waals surface area contributed by atoms with Crippen LogP contribution in [0.3, 0.4) is 0 Å². The van der Waals surface area contributed by atoms with Gasteiger partial charge in [-0.05, 0) is 49.4 Å². The van der Waals surface area contributed by atoms with Crippen molar-refractivity contribution in [2.75, 3.05) is 39.6 Å². The topological polar surface area (TPSA) is 237 Å². The zero-order chi connectivity index (χ0) is 67.5. The van der Waals surface area contributed by atoms with Gasteiger partial charge in [0.1, 0.15) is 19.3 Å². The molecule has 0 aliphatic heterocycles. The average Bonchev–Trinajstić information content (AvgIpc) is 3.39. The first-order valence-electron chi connectivity index (χ1n) is 37.2. The van der Waals surface area contributed by atoms with E-state index in [1.807, 2.05) is 0 Å². The summed E-state index contributed by atoms with van der Waals surface area (Å²) < 4.78 is 68.3. The Bertz CT molecular complexity index is 1800. The summed E-state index contributed by atoms with van der Waals surface area (Å²) in [6.45, 7) is 14.1. The van der Waals surface area contributed by atoms with E-state index in [1.54, 1.807) is 0 Å². The summed E-state index contributed by atoms with van der Waals surface area (Å²) in [4.78, 5) is 72.6. The maximum absolute atomic E-state index is 13.0. The van der Waals surface area contributed by atoms with Crippen LogP contribution in [0, 0.1) is 23.7 Å². The fraction of sp³-hybridized carbons (Fsp3) is 0.944. The summed E-state index contributed by atoms with van der Waals surface area (Å²) >= 11 is 0. The highest BCUT2D eigenvalue weighted by Gasteiger charge is 2.30. The Morgan fingerprint density at radius 3 is 0.780 bits per heavy atom. The Balaban J connectivity index is 5.25. The lowest BCUT2D eigenvalue weighted by Gasteiger charge is -2.21. The molecule has 0 aliphatic rings. The van der Waals surface area contributed by atoms with Gasteiger partial charge < -0.3 is 33.8 Å². The first-order valence-corrected chi connectivity index (χ1v) is 40.2. The summed E-state index contributed by atoms with van der Waals surface area (Å²) in [5.41, 5.74) is 0. The number of rotatable bonds is 69. The van der Waals surface area contributed by atoms with Crippen molar-refractivity contribution in [3.63, 3.8) is 0 Å². The molecule has 540 valence electrons. The fourth-order valence-corrected chi connectivity index (χ4v) is 12.4. The Morgan fingerprint density at radius 1 is 0.308 bits per heavy atom. The van der Waals surface area contributed by atoms with Gasteiger partial charge in [-0.3, -0.25) is 37.3 Å². The Labute approximate surface area is 556 Å². The van der Waals surface area contributed by atoms with Crippen molar-refractivity contribution in [2.45, 2.75) is 375 Å². The molecular weight excluding hydrogens is 1200 g/mol. The molecule has 3 N–H and O–H groups in total. The van der Waals surface area contributed by atoms with E-state index in [1.165, 1.54) is 161 Å². The van der Waals surface area contributed by atoms with Crippen LogP contribution in [0.4, 0.5) is 0 Å². The number of ether oxygens (including phenoxy) is 4. The maximum Gasteiger partial charge on any atom is 0.472 e. The monoisotopic (exact) mass is 1340 g/mol. The molecule has 4 unspecified atom stereocenters. The summed E-state index contributed by atoms with van der Waals surface area (Å²) in [5, 5.41) is 10.6. The van der Waals surface area contributed by atoms with Crippen molar-refractivity contribution < 1.29 is 80.2 Å². The van der Waals surface area contributed by atoms with Crippen LogP contribution in [-0.2, 0) is 65.4 Å². The number of carbonyl (C=O) groups excluding carboxylic acids is 4. The maximum atomic E-state index is 13.0. The predicted molar refractivity (Wildman–Crippen MR) is 367 cm³/mol. The van der Waals surface area contributed by atoms with Gasteiger partial charge in [-0.15, -0.1) is 0 Å². The number of aliphatic hydroxyl groups is 1. The highest BCUT2D eigenvalue weighted by Crippen LogP contribution is 2.45. The lowest BCUT2D eigenvalue weighted by atomic mass is 10.00. The van der Waals surface area contributed by atoms with Gasteiger partial charge in [0.05, 0.1) is 26.4 Å². The van der Waals surface area contributed by atoms with Crippen LogP contribution in [0.1, 0.15) is 357 Å². The van der Waals surface area contributed by atoms with Gasteiger partial charge in [0.2, 0.25) is 0 Å². The number of phosphoric ester groups is 2. The van der Waals surface area contributed by atoms with E-state index in [9.17, 15) is 43.2 Å². The highest BCUT2D eigenvalue weighted by atomic mass is 31.2. The van der Waals surface area contributed by atoms with Crippen LogP contribution < -0.4 is 0 Å². The number of esters is 4. The second kappa shape index (κ2) is 61.6. The number of carbonyl (C=O) groups is 4. The fourth-order valence-electron chi connectivity index (χ4n) is 10.8. The van der Waals surface area contributed by atoms with Crippen molar-refractivity contribution in [1.29, 1.82) is 0 Å². The van der Waals surface area contributed by atoms with Crippen LogP contribution in [0.15, 0.2) is 0 Å². The van der Waals surface area contributed by atoms with Gasteiger partial charge in [0.15, 0.2) is 12.2 Å². The normalized spacial score (nSPS) is 14.5. The Kier molecular flexibility index (Phi) is 60.3. The number of phosphoric acid groups is 2. The molecule has 0 radical (unpaired) electrons. The van der Waals surface area contributed by atoms with E-state index in [-0.39, 0.29) is 25.7 Å². The standard InChI is InChI=1S/C72H140O17P2/c1-9-65(8)51-43-35-30-31-39-47-55-72(77)89-68(59-83-70(75)53-45-37-28-23-22-26-34-42-50-64(6)7)61-87-91(80,81)85-57-66(73)56-84-90(78,79)86-60-67(58-82-69(74)52-44-36-27-20-17-16-19-25-33-41-49-63(4)5)88-71(76)54-46-38-29-21-15-13-11-10-12-14-18-24-32-40-48-62(2)3/h62-68,73H,9-61H2,1-8H3,(H,78,79)(H,80,81)/t65?,66?,67-,68-/m1/s1. The van der Waals surface area contributed by atoms with Crippen LogP contribution in [0.5, 0.6) is 0 Å². The van der Waals surface area contributed by atoms with E-state index in [0.29, 0.717) is 25.7 Å². The molecule has 0 heterocycles. The van der Waals surface area contributed by atoms with E-state index in [2.05, 4.69) is 55.4 Å². The van der Waals surface area contributed by atoms with Gasteiger partial charge in [-0.1, -0.05) is 306 Å². The van der Waals surface area contributed by atoms with E-state index < -0.39 is 97.5 Å². The third-order valence-electron chi connectivity index (χ3n) is 16.9. The van der Waals surface area contributed by atoms with Crippen molar-refractivity contribution >= 4 is 39.5 Å². The van der Waals surface area contributed by atoms with Gasteiger partial charge in [-0.2, -0.15) is 0 Å². The molecule has 0 saturated heterocycles. The zero-order valence-electron chi connectivity index (χ0n) is 59.5. The van der Waals surface area contributed by atoms with Gasteiger partial charge in [0.25, 0.3) is 0 Å². The van der Waals surface area contributed by atoms with Crippen LogP contribution in [0.25, 0.3) is 0 Å². The van der Waals surface area contributed by atoms with Crippen molar-refractivity contribution in [2.24, 2.45) is 23.7 Å². The molecule has 19 heteroatoms. The summed E-state index contributed by atoms with van der Waals surface area (Å²) in [6.07, 6.45) is 44.5. The molecule has 0 bridgehead atoms. The third-order valence-corrected chi connectivity index (χ3v) is 18.8. The third kappa shape index (κ3) is 65.1. The largest absolute Gasteiger partial charge is 0.472 e. The molecule has 0 spiro atoms.